The van der Waals surface area contributed by atoms with E-state index in [1.54, 1.807) is 12.1 Å². The second-order valence-corrected chi connectivity index (χ2v) is 3.82. The van der Waals surface area contributed by atoms with E-state index in [2.05, 4.69) is 10.6 Å². The highest BCUT2D eigenvalue weighted by atomic mass is 35.5. The Morgan fingerprint density at radius 2 is 2.05 bits per heavy atom. The Kier molecular flexibility index (Phi) is 9.06. The zero-order valence-electron chi connectivity index (χ0n) is 11.1. The van der Waals surface area contributed by atoms with Crippen molar-refractivity contribution in [3.63, 3.8) is 0 Å². The van der Waals surface area contributed by atoms with Gasteiger partial charge in [0.1, 0.15) is 0 Å². The van der Waals surface area contributed by atoms with E-state index in [-0.39, 0.29) is 36.4 Å². The number of nitrogens with one attached hydrogen (secondary N) is 2. The van der Waals surface area contributed by atoms with Crippen molar-refractivity contribution < 1.29 is 14.5 Å². The molecule has 0 heterocycles. The van der Waals surface area contributed by atoms with Crippen LogP contribution in [0.1, 0.15) is 6.42 Å². The first kappa shape index (κ1) is 18.1. The van der Waals surface area contributed by atoms with Gasteiger partial charge in [-0.2, -0.15) is 0 Å². The Morgan fingerprint density at radius 1 is 1.35 bits per heavy atom. The quantitative estimate of drug-likeness (QED) is 0.426. The lowest BCUT2D eigenvalue weighted by Gasteiger charge is -2.07. The summed E-state index contributed by atoms with van der Waals surface area (Å²) in [4.78, 5) is 21.6. The molecule has 1 rings (SSSR count). The number of benzene rings is 1. The van der Waals surface area contributed by atoms with Crippen LogP contribution in [0, 0.1) is 10.1 Å². The van der Waals surface area contributed by atoms with Crippen LogP contribution in [0.15, 0.2) is 24.3 Å². The van der Waals surface area contributed by atoms with Gasteiger partial charge < -0.3 is 15.4 Å². The summed E-state index contributed by atoms with van der Waals surface area (Å²) in [6.45, 7) is 1.12. The van der Waals surface area contributed by atoms with E-state index < -0.39 is 4.92 Å². The highest BCUT2D eigenvalue weighted by Gasteiger charge is 2.14. The maximum atomic E-state index is 11.4. The van der Waals surface area contributed by atoms with Gasteiger partial charge in [-0.15, -0.1) is 12.4 Å². The van der Waals surface area contributed by atoms with Gasteiger partial charge in [0.25, 0.3) is 5.91 Å². The van der Waals surface area contributed by atoms with Gasteiger partial charge >= 0.3 is 5.69 Å². The van der Waals surface area contributed by atoms with Crippen LogP contribution in [0.5, 0.6) is 5.75 Å². The van der Waals surface area contributed by atoms with E-state index in [0.717, 1.165) is 13.0 Å². The molecule has 112 valence electrons. The smallest absolute Gasteiger partial charge is 0.310 e. The van der Waals surface area contributed by atoms with Gasteiger partial charge in [-0.1, -0.05) is 12.1 Å². The molecule has 20 heavy (non-hydrogen) atoms. The molecule has 0 bridgehead atoms. The van der Waals surface area contributed by atoms with Crippen LogP contribution in [0.2, 0.25) is 0 Å². The number of nitrogens with zero attached hydrogens (tertiary/aromatic N) is 1. The molecular formula is C12H18ClN3O4. The normalized spacial score (nSPS) is 9.45. The number of halogens is 1. The zero-order valence-corrected chi connectivity index (χ0v) is 11.9. The first-order valence-corrected chi connectivity index (χ1v) is 5.92. The van der Waals surface area contributed by atoms with Crippen molar-refractivity contribution in [2.75, 3.05) is 26.7 Å². The van der Waals surface area contributed by atoms with Crippen LogP contribution in [-0.4, -0.2) is 37.6 Å². The predicted octanol–water partition coefficient (Wildman–Crippen LogP) is 1.12. The number of nitro benzene ring substituents is 1. The van der Waals surface area contributed by atoms with Crippen LogP contribution in [-0.2, 0) is 4.79 Å². The van der Waals surface area contributed by atoms with Gasteiger partial charge in [-0.25, -0.2) is 0 Å². The molecule has 0 aliphatic carbocycles. The predicted molar refractivity (Wildman–Crippen MR) is 77.4 cm³/mol. The number of hydrogen-bond donors (Lipinski definition) is 2. The number of hydrogen-bond acceptors (Lipinski definition) is 5. The number of para-hydroxylation sites is 2. The molecular weight excluding hydrogens is 286 g/mol. The molecule has 8 heteroatoms. The number of amides is 1. The van der Waals surface area contributed by atoms with Gasteiger partial charge in [0.2, 0.25) is 0 Å². The fourth-order valence-corrected chi connectivity index (χ4v) is 1.42. The SMILES string of the molecule is CNCCCNC(=O)COc1ccccc1[N+](=O)[O-].Cl. The Bertz CT molecular complexity index is 442. The summed E-state index contributed by atoms with van der Waals surface area (Å²) in [7, 11) is 1.83. The van der Waals surface area contributed by atoms with Gasteiger partial charge in [0, 0.05) is 12.6 Å². The maximum Gasteiger partial charge on any atom is 0.310 e. The Labute approximate surface area is 123 Å². The lowest BCUT2D eigenvalue weighted by molar-refractivity contribution is -0.385. The highest BCUT2D eigenvalue weighted by molar-refractivity contribution is 5.85. The van der Waals surface area contributed by atoms with Gasteiger partial charge in [-0.05, 0) is 26.1 Å². The molecule has 0 fully saturated rings. The van der Waals surface area contributed by atoms with Crippen molar-refractivity contribution in [1.29, 1.82) is 0 Å². The molecule has 0 atom stereocenters. The third-order valence-corrected chi connectivity index (χ3v) is 2.35. The monoisotopic (exact) mass is 303 g/mol. The molecule has 0 aliphatic rings. The lowest BCUT2D eigenvalue weighted by Crippen LogP contribution is -2.31. The molecule has 0 spiro atoms. The number of carbonyl (C=O) groups is 1. The fraction of sp³-hybridized carbons (Fsp3) is 0.417. The van der Waals surface area contributed by atoms with E-state index in [9.17, 15) is 14.9 Å². The molecule has 7 nitrogen and oxygen atoms in total. The molecule has 0 radical (unpaired) electrons. The second-order valence-electron chi connectivity index (χ2n) is 3.82. The van der Waals surface area contributed by atoms with E-state index >= 15 is 0 Å². The van der Waals surface area contributed by atoms with E-state index in [1.807, 2.05) is 7.05 Å². The van der Waals surface area contributed by atoms with Crippen molar-refractivity contribution in [2.24, 2.45) is 0 Å². The number of carbonyl (C=O) groups excluding carboxylic acids is 1. The minimum absolute atomic E-state index is 0. The summed E-state index contributed by atoms with van der Waals surface area (Å²) in [5, 5.41) is 16.4. The van der Waals surface area contributed by atoms with Crippen molar-refractivity contribution in [1.82, 2.24) is 10.6 Å². The molecule has 0 saturated carbocycles. The molecule has 0 saturated heterocycles. The van der Waals surface area contributed by atoms with Crippen LogP contribution in [0.4, 0.5) is 5.69 Å². The van der Waals surface area contributed by atoms with E-state index in [1.165, 1.54) is 12.1 Å². The van der Waals surface area contributed by atoms with Crippen LogP contribution in [0.25, 0.3) is 0 Å². The standard InChI is InChI=1S/C12H17N3O4.ClH/c1-13-7-4-8-14-12(16)9-19-11-6-3-2-5-10(11)15(17)18;/h2-3,5-6,13H,4,7-9H2,1H3,(H,14,16);1H. The first-order valence-electron chi connectivity index (χ1n) is 5.92. The molecule has 2 N–H and O–H groups in total. The molecule has 1 amide bonds. The molecule has 1 aromatic rings. The summed E-state index contributed by atoms with van der Waals surface area (Å²) >= 11 is 0. The van der Waals surface area contributed by atoms with Crippen LogP contribution in [0.3, 0.4) is 0 Å². The minimum atomic E-state index is -0.542. The summed E-state index contributed by atoms with van der Waals surface area (Å²) in [6, 6.07) is 5.96. The number of ether oxygens (including phenoxy) is 1. The maximum absolute atomic E-state index is 11.4. The summed E-state index contributed by atoms with van der Waals surface area (Å²) in [6.07, 6.45) is 0.813. The fourth-order valence-electron chi connectivity index (χ4n) is 1.42. The van der Waals surface area contributed by atoms with Crippen LogP contribution < -0.4 is 15.4 Å². The Hall–Kier alpha value is -1.86. The Morgan fingerprint density at radius 3 is 2.70 bits per heavy atom. The average Bonchev–Trinajstić information content (AvgIpc) is 2.41. The van der Waals surface area contributed by atoms with Gasteiger partial charge in [-0.3, -0.25) is 14.9 Å². The van der Waals surface area contributed by atoms with Gasteiger partial charge in [0.15, 0.2) is 12.4 Å². The van der Waals surface area contributed by atoms with Crippen LogP contribution >= 0.6 is 12.4 Å². The zero-order chi connectivity index (χ0) is 14.1. The minimum Gasteiger partial charge on any atom is -0.477 e. The Balaban J connectivity index is 0.00000361. The first-order chi connectivity index (χ1) is 9.15. The molecule has 0 aliphatic heterocycles. The summed E-state index contributed by atoms with van der Waals surface area (Å²) < 4.78 is 5.15. The summed E-state index contributed by atoms with van der Waals surface area (Å²) in [5.41, 5.74) is -0.148. The molecule has 1 aromatic carbocycles. The second kappa shape index (κ2) is 9.99. The molecule has 0 unspecified atom stereocenters. The topological polar surface area (TPSA) is 93.5 Å². The van der Waals surface area contributed by atoms with E-state index in [0.29, 0.717) is 6.54 Å². The molecule has 0 aromatic heterocycles. The third kappa shape index (κ3) is 6.35. The van der Waals surface area contributed by atoms with Gasteiger partial charge in [0.05, 0.1) is 4.92 Å². The van der Waals surface area contributed by atoms with Crippen molar-refractivity contribution in [2.45, 2.75) is 6.42 Å². The van der Waals surface area contributed by atoms with Crippen molar-refractivity contribution >= 4 is 24.0 Å². The van der Waals surface area contributed by atoms with Crippen molar-refractivity contribution in [3.05, 3.63) is 34.4 Å². The number of nitro groups is 1. The summed E-state index contributed by atoms with van der Waals surface area (Å²) in [5.74, 6) is -0.202. The average molecular weight is 304 g/mol. The highest BCUT2D eigenvalue weighted by Crippen LogP contribution is 2.25. The largest absolute Gasteiger partial charge is 0.477 e. The number of rotatable bonds is 8. The lowest BCUT2D eigenvalue weighted by atomic mass is 10.3. The van der Waals surface area contributed by atoms with E-state index in [4.69, 9.17) is 4.74 Å². The van der Waals surface area contributed by atoms with Crippen molar-refractivity contribution in [3.8, 4) is 5.75 Å². The third-order valence-electron chi connectivity index (χ3n) is 2.35.